The Morgan fingerprint density at radius 3 is 2.83 bits per heavy atom. The minimum Gasteiger partial charge on any atom is -0.494 e. The van der Waals surface area contributed by atoms with Crippen LogP contribution in [-0.4, -0.2) is 67.4 Å². The molecule has 4 heterocycles. The summed E-state index contributed by atoms with van der Waals surface area (Å²) in [6, 6.07) is 9.49. The Morgan fingerprint density at radius 1 is 1.26 bits per heavy atom. The summed E-state index contributed by atoms with van der Waals surface area (Å²) in [4.78, 5) is 24.6. The van der Waals surface area contributed by atoms with Gasteiger partial charge in [0.1, 0.15) is 16.9 Å². The number of fused-ring (bicyclic) bond motifs is 2. The van der Waals surface area contributed by atoms with E-state index in [1.54, 1.807) is 18.1 Å². The van der Waals surface area contributed by atoms with E-state index in [2.05, 4.69) is 21.7 Å². The Hall–Kier alpha value is -3.43. The van der Waals surface area contributed by atoms with Gasteiger partial charge in [-0.05, 0) is 55.5 Å². The van der Waals surface area contributed by atoms with Gasteiger partial charge in [-0.1, -0.05) is 0 Å². The second-order valence-electron chi connectivity index (χ2n) is 9.90. The van der Waals surface area contributed by atoms with E-state index in [4.69, 9.17) is 15.5 Å². The fourth-order valence-corrected chi connectivity index (χ4v) is 5.29. The molecule has 182 valence electrons. The Balaban J connectivity index is 1.46. The molecule has 1 saturated heterocycles. The number of aliphatic hydroxyl groups is 1. The number of aliphatic hydroxyl groups excluding tert-OH is 1. The molecule has 0 bridgehead atoms. The Kier molecular flexibility index (Phi) is 5.26. The molecule has 35 heavy (non-hydrogen) atoms. The van der Waals surface area contributed by atoms with E-state index < -0.39 is 6.10 Å². The molecule has 3 aromatic heterocycles. The number of hydrogen-bond donors (Lipinski definition) is 2. The largest absolute Gasteiger partial charge is 0.494 e. The molecule has 9 nitrogen and oxygen atoms in total. The number of carbonyl (C=O) groups is 1. The standard InChI is InChI=1S/C26H30N6O3/c1-30-23-20(8-17(10-22(23)35-2)26(34)31-13-18(27)11-19(33)14-31)29-25(30)21-9-16-4-3-7-28-24(16)32(21)12-15-5-6-15/h3-4,7-10,15,18-19,33H,5-6,11-14,27H2,1-2H3/t18?,19-/m1/s1. The third-order valence-corrected chi connectivity index (χ3v) is 7.17. The lowest BCUT2D eigenvalue weighted by Gasteiger charge is -2.34. The Bertz CT molecular complexity index is 1430. The number of carbonyl (C=O) groups excluding carboxylic acids is 1. The summed E-state index contributed by atoms with van der Waals surface area (Å²) in [6.45, 7) is 1.60. The van der Waals surface area contributed by atoms with Crippen molar-refractivity contribution in [2.45, 2.75) is 38.0 Å². The van der Waals surface area contributed by atoms with Crippen molar-refractivity contribution in [3.63, 3.8) is 0 Å². The summed E-state index contributed by atoms with van der Waals surface area (Å²) in [5, 5.41) is 11.2. The SMILES string of the molecule is COc1cc(C(=O)N2CC(N)C[C@@H](O)C2)cc2nc(-c3cc4cccnc4n3CC3CC3)n(C)c12. The number of ether oxygens (including phenoxy) is 1. The second kappa shape index (κ2) is 8.35. The van der Waals surface area contributed by atoms with Crippen LogP contribution in [-0.2, 0) is 13.6 Å². The van der Waals surface area contributed by atoms with Crippen LogP contribution in [0.5, 0.6) is 5.75 Å². The first kappa shape index (κ1) is 22.1. The van der Waals surface area contributed by atoms with Gasteiger partial charge < -0.3 is 29.6 Å². The van der Waals surface area contributed by atoms with Gasteiger partial charge in [0.25, 0.3) is 5.91 Å². The zero-order chi connectivity index (χ0) is 24.3. The molecule has 0 spiro atoms. The van der Waals surface area contributed by atoms with Crippen molar-refractivity contribution in [3.8, 4) is 17.3 Å². The van der Waals surface area contributed by atoms with Crippen molar-refractivity contribution in [2.75, 3.05) is 20.2 Å². The molecule has 2 aliphatic rings. The number of pyridine rings is 1. The highest BCUT2D eigenvalue weighted by molar-refractivity contribution is 6.00. The van der Waals surface area contributed by atoms with Crippen molar-refractivity contribution in [3.05, 3.63) is 42.1 Å². The van der Waals surface area contributed by atoms with Gasteiger partial charge in [0.2, 0.25) is 0 Å². The lowest BCUT2D eigenvalue weighted by atomic mass is 10.0. The number of benzene rings is 1. The van der Waals surface area contributed by atoms with Gasteiger partial charge in [-0.15, -0.1) is 0 Å². The van der Waals surface area contributed by atoms with Crippen LogP contribution < -0.4 is 10.5 Å². The summed E-state index contributed by atoms with van der Waals surface area (Å²) in [5.41, 5.74) is 10.00. The van der Waals surface area contributed by atoms with Gasteiger partial charge in [-0.25, -0.2) is 9.97 Å². The van der Waals surface area contributed by atoms with Crippen LogP contribution in [0.1, 0.15) is 29.6 Å². The van der Waals surface area contributed by atoms with Crippen LogP contribution >= 0.6 is 0 Å². The predicted octanol–water partition coefficient (Wildman–Crippen LogP) is 2.54. The number of nitrogens with two attached hydrogens (primary N) is 1. The number of nitrogens with zero attached hydrogens (tertiary/aromatic N) is 5. The molecule has 1 aromatic carbocycles. The topological polar surface area (TPSA) is 111 Å². The van der Waals surface area contributed by atoms with Crippen LogP contribution in [0.15, 0.2) is 36.5 Å². The first-order valence-electron chi connectivity index (χ1n) is 12.1. The zero-order valence-corrected chi connectivity index (χ0v) is 20.0. The average Bonchev–Trinajstić information content (AvgIpc) is 3.51. The maximum atomic E-state index is 13.3. The summed E-state index contributed by atoms with van der Waals surface area (Å²) >= 11 is 0. The molecule has 2 fully saturated rings. The van der Waals surface area contributed by atoms with E-state index in [9.17, 15) is 9.90 Å². The molecule has 3 N–H and O–H groups in total. The van der Waals surface area contributed by atoms with E-state index in [1.165, 1.54) is 12.8 Å². The van der Waals surface area contributed by atoms with Gasteiger partial charge >= 0.3 is 0 Å². The maximum Gasteiger partial charge on any atom is 0.254 e. The van der Waals surface area contributed by atoms with Crippen LogP contribution in [0.3, 0.4) is 0 Å². The fraction of sp³-hybridized carbons (Fsp3) is 0.423. The quantitative estimate of drug-likeness (QED) is 0.460. The molecular weight excluding hydrogens is 444 g/mol. The predicted molar refractivity (Wildman–Crippen MR) is 133 cm³/mol. The van der Waals surface area contributed by atoms with E-state index in [0.717, 1.165) is 34.6 Å². The molecule has 2 atom stereocenters. The highest BCUT2D eigenvalue weighted by Gasteiger charge is 2.30. The van der Waals surface area contributed by atoms with E-state index in [-0.39, 0.29) is 18.5 Å². The van der Waals surface area contributed by atoms with E-state index in [1.807, 2.05) is 29.9 Å². The van der Waals surface area contributed by atoms with Gasteiger partial charge in [0, 0.05) is 49.9 Å². The number of hydrogen-bond acceptors (Lipinski definition) is 6. The molecule has 4 aromatic rings. The summed E-state index contributed by atoms with van der Waals surface area (Å²) in [7, 11) is 3.57. The fourth-order valence-electron chi connectivity index (χ4n) is 5.29. The van der Waals surface area contributed by atoms with Gasteiger partial charge in [-0.3, -0.25) is 4.79 Å². The molecule has 1 aliphatic carbocycles. The molecule has 0 radical (unpaired) electrons. The number of aryl methyl sites for hydroxylation is 1. The number of rotatable bonds is 5. The third kappa shape index (κ3) is 3.84. The highest BCUT2D eigenvalue weighted by Crippen LogP contribution is 2.37. The normalized spacial score (nSPS) is 20.6. The van der Waals surface area contributed by atoms with Crippen LogP contribution in [0.25, 0.3) is 33.6 Å². The number of imidazole rings is 1. The number of amides is 1. The smallest absolute Gasteiger partial charge is 0.254 e. The number of likely N-dealkylation sites (tertiary alicyclic amines) is 1. The van der Waals surface area contributed by atoms with Crippen molar-refractivity contribution < 1.29 is 14.6 Å². The van der Waals surface area contributed by atoms with Gasteiger partial charge in [-0.2, -0.15) is 0 Å². The van der Waals surface area contributed by atoms with E-state index in [0.29, 0.717) is 35.7 Å². The lowest BCUT2D eigenvalue weighted by Crippen LogP contribution is -2.51. The average molecular weight is 475 g/mol. The Morgan fingerprint density at radius 2 is 2.09 bits per heavy atom. The third-order valence-electron chi connectivity index (χ3n) is 7.17. The van der Waals surface area contributed by atoms with Crippen molar-refractivity contribution in [1.82, 2.24) is 24.0 Å². The van der Waals surface area contributed by atoms with Crippen molar-refractivity contribution in [2.24, 2.45) is 18.7 Å². The first-order chi connectivity index (χ1) is 16.9. The number of aromatic nitrogens is 4. The number of β-amino-alcohol motifs (C(OH)–C–C–N with tert-alkyl or cyclic N) is 1. The van der Waals surface area contributed by atoms with E-state index >= 15 is 0 Å². The maximum absolute atomic E-state index is 13.3. The number of methoxy groups -OCH3 is 1. The lowest BCUT2D eigenvalue weighted by molar-refractivity contribution is 0.0423. The molecule has 6 rings (SSSR count). The summed E-state index contributed by atoms with van der Waals surface area (Å²) in [6.07, 6.45) is 4.19. The monoisotopic (exact) mass is 474 g/mol. The van der Waals surface area contributed by atoms with Gasteiger partial charge in [0.15, 0.2) is 5.82 Å². The summed E-state index contributed by atoms with van der Waals surface area (Å²) in [5.74, 6) is 1.87. The van der Waals surface area contributed by atoms with Gasteiger partial charge in [0.05, 0.1) is 24.4 Å². The zero-order valence-electron chi connectivity index (χ0n) is 20.0. The first-order valence-corrected chi connectivity index (χ1v) is 12.1. The minimum atomic E-state index is -0.614. The minimum absolute atomic E-state index is 0.182. The summed E-state index contributed by atoms with van der Waals surface area (Å²) < 4.78 is 10.0. The van der Waals surface area contributed by atoms with Crippen molar-refractivity contribution in [1.29, 1.82) is 0 Å². The molecular formula is C26H30N6O3. The molecule has 9 heteroatoms. The number of piperidine rings is 1. The highest BCUT2D eigenvalue weighted by atomic mass is 16.5. The molecule has 1 saturated carbocycles. The molecule has 1 aliphatic heterocycles. The van der Waals surface area contributed by atoms with Crippen LogP contribution in [0, 0.1) is 5.92 Å². The van der Waals surface area contributed by atoms with Crippen LogP contribution in [0.4, 0.5) is 0 Å². The van der Waals surface area contributed by atoms with Crippen molar-refractivity contribution >= 4 is 28.0 Å². The molecule has 1 unspecified atom stereocenters. The Labute approximate surface area is 203 Å². The second-order valence-corrected chi connectivity index (χ2v) is 9.90. The molecule has 1 amide bonds. The van der Waals surface area contributed by atoms with Crippen LogP contribution in [0.2, 0.25) is 0 Å².